The molecule has 2 heterocycles. The first kappa shape index (κ1) is 16.5. The molecule has 0 unspecified atom stereocenters. The third-order valence-electron chi connectivity index (χ3n) is 5.36. The van der Waals surface area contributed by atoms with E-state index in [0.29, 0.717) is 17.9 Å². The molecule has 0 spiro atoms. The Morgan fingerprint density at radius 2 is 1.96 bits per heavy atom. The van der Waals surface area contributed by atoms with E-state index in [9.17, 15) is 0 Å². The monoisotopic (exact) mass is 318 g/mol. The molecule has 2 aliphatic rings. The van der Waals surface area contributed by atoms with Crippen LogP contribution in [-0.2, 0) is 0 Å². The molecule has 2 fully saturated rings. The second-order valence-corrected chi connectivity index (χ2v) is 7.38. The SMILES string of the molecule is CC1CCN(CCN(C)c2cc(C3CC(N)C3)nc(N)n2)CC1. The lowest BCUT2D eigenvalue weighted by Crippen LogP contribution is -2.38. The van der Waals surface area contributed by atoms with Gasteiger partial charge in [0.1, 0.15) is 5.82 Å². The second kappa shape index (κ2) is 7.01. The average molecular weight is 318 g/mol. The van der Waals surface area contributed by atoms with E-state index in [1.807, 2.05) is 0 Å². The van der Waals surface area contributed by atoms with E-state index in [1.165, 1.54) is 25.9 Å². The zero-order valence-electron chi connectivity index (χ0n) is 14.4. The van der Waals surface area contributed by atoms with Gasteiger partial charge in [0.25, 0.3) is 0 Å². The van der Waals surface area contributed by atoms with Crippen LogP contribution in [0.1, 0.15) is 44.2 Å². The number of aromatic nitrogens is 2. The fourth-order valence-electron chi connectivity index (χ4n) is 3.47. The van der Waals surface area contributed by atoms with E-state index in [-0.39, 0.29) is 0 Å². The summed E-state index contributed by atoms with van der Waals surface area (Å²) in [7, 11) is 2.09. The molecule has 0 aromatic carbocycles. The largest absolute Gasteiger partial charge is 0.368 e. The fourth-order valence-corrected chi connectivity index (χ4v) is 3.47. The number of piperidine rings is 1. The van der Waals surface area contributed by atoms with Crippen molar-refractivity contribution >= 4 is 11.8 Å². The van der Waals surface area contributed by atoms with Gasteiger partial charge in [-0.15, -0.1) is 0 Å². The normalized spacial score (nSPS) is 26.0. The van der Waals surface area contributed by atoms with Gasteiger partial charge in [-0.25, -0.2) is 4.98 Å². The van der Waals surface area contributed by atoms with Crippen LogP contribution in [0.15, 0.2) is 6.07 Å². The van der Waals surface area contributed by atoms with Gasteiger partial charge in [0.05, 0.1) is 5.69 Å². The summed E-state index contributed by atoms with van der Waals surface area (Å²) in [6.45, 7) is 6.82. The van der Waals surface area contributed by atoms with Crippen LogP contribution in [0.3, 0.4) is 0 Å². The maximum Gasteiger partial charge on any atom is 0.222 e. The van der Waals surface area contributed by atoms with Crippen LogP contribution in [0.4, 0.5) is 11.8 Å². The molecule has 4 N–H and O–H groups in total. The number of anilines is 2. The Kier molecular flexibility index (Phi) is 5.02. The Balaban J connectivity index is 1.57. The maximum atomic E-state index is 5.91. The van der Waals surface area contributed by atoms with Crippen molar-refractivity contribution in [1.82, 2.24) is 14.9 Å². The molecule has 23 heavy (non-hydrogen) atoms. The molecule has 128 valence electrons. The number of hydrogen-bond acceptors (Lipinski definition) is 6. The lowest BCUT2D eigenvalue weighted by Gasteiger charge is -2.33. The van der Waals surface area contributed by atoms with Crippen molar-refractivity contribution in [3.8, 4) is 0 Å². The highest BCUT2D eigenvalue weighted by Crippen LogP contribution is 2.35. The number of nitrogens with zero attached hydrogens (tertiary/aromatic N) is 4. The summed E-state index contributed by atoms with van der Waals surface area (Å²) >= 11 is 0. The molecule has 1 aromatic rings. The van der Waals surface area contributed by atoms with Crippen LogP contribution in [0.5, 0.6) is 0 Å². The molecule has 3 rings (SSSR count). The van der Waals surface area contributed by atoms with Crippen LogP contribution in [-0.4, -0.2) is 54.1 Å². The molecule has 1 saturated heterocycles. The van der Waals surface area contributed by atoms with Crippen molar-refractivity contribution in [2.75, 3.05) is 43.9 Å². The molecular weight excluding hydrogens is 288 g/mol. The van der Waals surface area contributed by atoms with Gasteiger partial charge in [-0.2, -0.15) is 4.98 Å². The van der Waals surface area contributed by atoms with Gasteiger partial charge in [-0.1, -0.05) is 6.92 Å². The minimum Gasteiger partial charge on any atom is -0.368 e. The first-order valence-corrected chi connectivity index (χ1v) is 8.85. The maximum absolute atomic E-state index is 5.91. The predicted octanol–water partition coefficient (Wildman–Crippen LogP) is 1.43. The summed E-state index contributed by atoms with van der Waals surface area (Å²) in [5, 5.41) is 0. The number of nitrogens with two attached hydrogens (primary N) is 2. The topological polar surface area (TPSA) is 84.3 Å². The second-order valence-electron chi connectivity index (χ2n) is 7.38. The number of rotatable bonds is 5. The summed E-state index contributed by atoms with van der Waals surface area (Å²) in [5.41, 5.74) is 12.9. The predicted molar refractivity (Wildman–Crippen MR) is 94.5 cm³/mol. The highest BCUT2D eigenvalue weighted by atomic mass is 15.2. The molecule has 0 amide bonds. The molecule has 0 radical (unpaired) electrons. The molecule has 1 aliphatic carbocycles. The smallest absolute Gasteiger partial charge is 0.222 e. The zero-order chi connectivity index (χ0) is 16.4. The minimum atomic E-state index is 0.318. The van der Waals surface area contributed by atoms with Crippen molar-refractivity contribution in [2.24, 2.45) is 11.7 Å². The highest BCUT2D eigenvalue weighted by Gasteiger charge is 2.29. The molecule has 6 heteroatoms. The fraction of sp³-hybridized carbons (Fsp3) is 0.765. The summed E-state index contributed by atoms with van der Waals surface area (Å²) < 4.78 is 0. The summed E-state index contributed by atoms with van der Waals surface area (Å²) in [6.07, 6.45) is 4.64. The molecule has 6 nitrogen and oxygen atoms in total. The van der Waals surface area contributed by atoms with Crippen molar-refractivity contribution in [2.45, 2.75) is 44.6 Å². The zero-order valence-corrected chi connectivity index (χ0v) is 14.4. The quantitative estimate of drug-likeness (QED) is 0.854. The van der Waals surface area contributed by atoms with Crippen LogP contribution < -0.4 is 16.4 Å². The summed E-state index contributed by atoms with van der Waals surface area (Å²) in [6, 6.07) is 2.41. The molecule has 0 atom stereocenters. The lowest BCUT2D eigenvalue weighted by molar-refractivity contribution is 0.196. The third-order valence-corrected chi connectivity index (χ3v) is 5.36. The van der Waals surface area contributed by atoms with E-state index < -0.39 is 0 Å². The van der Waals surface area contributed by atoms with E-state index >= 15 is 0 Å². The van der Waals surface area contributed by atoms with E-state index in [1.54, 1.807) is 0 Å². The molecular formula is C17H30N6. The Hall–Kier alpha value is -1.40. The van der Waals surface area contributed by atoms with Gasteiger partial charge in [0, 0.05) is 38.2 Å². The van der Waals surface area contributed by atoms with E-state index in [2.05, 4.69) is 39.8 Å². The summed E-state index contributed by atoms with van der Waals surface area (Å²) in [5.74, 6) is 2.63. The van der Waals surface area contributed by atoms with E-state index in [4.69, 9.17) is 11.5 Å². The Bertz CT molecular complexity index is 520. The van der Waals surface area contributed by atoms with Gasteiger partial charge in [-0.3, -0.25) is 0 Å². The molecule has 1 aromatic heterocycles. The summed E-state index contributed by atoms with van der Waals surface area (Å²) in [4.78, 5) is 13.6. The standard InChI is InChI=1S/C17H30N6/c1-12-3-5-23(6-4-12)8-7-22(2)16-11-15(20-17(19)21-16)13-9-14(18)10-13/h11-14H,3-10,18H2,1-2H3,(H2,19,20,21). The van der Waals surface area contributed by atoms with Crippen molar-refractivity contribution < 1.29 is 0 Å². The molecule has 1 aliphatic heterocycles. The Morgan fingerprint density at radius 1 is 1.26 bits per heavy atom. The molecule has 1 saturated carbocycles. The Morgan fingerprint density at radius 3 is 2.61 bits per heavy atom. The number of nitrogen functional groups attached to an aromatic ring is 1. The van der Waals surface area contributed by atoms with Gasteiger partial charge in [0.15, 0.2) is 0 Å². The molecule has 0 bridgehead atoms. The first-order chi connectivity index (χ1) is 11.0. The van der Waals surface area contributed by atoms with Crippen LogP contribution in [0.2, 0.25) is 0 Å². The number of likely N-dealkylation sites (tertiary alicyclic amines) is 1. The van der Waals surface area contributed by atoms with Crippen molar-refractivity contribution in [1.29, 1.82) is 0 Å². The minimum absolute atomic E-state index is 0.318. The van der Waals surface area contributed by atoms with Gasteiger partial charge in [-0.05, 0) is 44.7 Å². The lowest BCUT2D eigenvalue weighted by atomic mass is 9.78. The van der Waals surface area contributed by atoms with Gasteiger partial charge in [0.2, 0.25) is 5.95 Å². The van der Waals surface area contributed by atoms with Crippen molar-refractivity contribution in [3.63, 3.8) is 0 Å². The highest BCUT2D eigenvalue weighted by molar-refractivity contribution is 5.44. The Labute approximate surface area is 139 Å². The first-order valence-electron chi connectivity index (χ1n) is 8.85. The average Bonchev–Trinajstić information content (AvgIpc) is 2.50. The van der Waals surface area contributed by atoms with Gasteiger partial charge < -0.3 is 21.3 Å². The number of hydrogen-bond donors (Lipinski definition) is 2. The number of likely N-dealkylation sites (N-methyl/N-ethyl adjacent to an activating group) is 1. The van der Waals surface area contributed by atoms with Crippen LogP contribution in [0.25, 0.3) is 0 Å². The van der Waals surface area contributed by atoms with Crippen LogP contribution in [0, 0.1) is 5.92 Å². The van der Waals surface area contributed by atoms with E-state index in [0.717, 1.165) is 43.4 Å². The van der Waals surface area contributed by atoms with Crippen molar-refractivity contribution in [3.05, 3.63) is 11.8 Å². The van der Waals surface area contributed by atoms with Gasteiger partial charge >= 0.3 is 0 Å². The third kappa shape index (κ3) is 4.12. The van der Waals surface area contributed by atoms with Crippen LogP contribution >= 0.6 is 0 Å².